The fraction of sp³-hybridized carbons (Fsp3) is 0.667. The van der Waals surface area contributed by atoms with Gasteiger partial charge in [-0.15, -0.1) is 21.5 Å². The lowest BCUT2D eigenvalue weighted by molar-refractivity contribution is 0.421. The van der Waals surface area contributed by atoms with Crippen molar-refractivity contribution < 1.29 is 0 Å². The summed E-state index contributed by atoms with van der Waals surface area (Å²) < 4.78 is 2.43. The van der Waals surface area contributed by atoms with Gasteiger partial charge in [0.2, 0.25) is 0 Å². The molecule has 0 unspecified atom stereocenters. The molecule has 31 heavy (non-hydrogen) atoms. The van der Waals surface area contributed by atoms with E-state index in [9.17, 15) is 0 Å². The van der Waals surface area contributed by atoms with Gasteiger partial charge < -0.3 is 9.47 Å². The number of thiophene rings is 1. The number of rotatable bonds is 3. The summed E-state index contributed by atoms with van der Waals surface area (Å²) in [6.45, 7) is 2.13. The van der Waals surface area contributed by atoms with Gasteiger partial charge in [-0.1, -0.05) is 0 Å². The van der Waals surface area contributed by atoms with Crippen molar-refractivity contribution in [1.29, 1.82) is 0 Å². The zero-order valence-electron chi connectivity index (χ0n) is 18.1. The number of aromatic nitrogens is 5. The molecule has 2 fully saturated rings. The summed E-state index contributed by atoms with van der Waals surface area (Å²) in [5.74, 6) is 5.24. The van der Waals surface area contributed by atoms with Gasteiger partial charge in [-0.2, -0.15) is 0 Å². The van der Waals surface area contributed by atoms with Crippen LogP contribution in [0.4, 0.5) is 5.82 Å². The summed E-state index contributed by atoms with van der Waals surface area (Å²) in [5.41, 5.74) is 1.55. The van der Waals surface area contributed by atoms with E-state index >= 15 is 0 Å². The molecule has 3 aromatic heterocycles. The monoisotopic (exact) mass is 434 g/mol. The predicted molar refractivity (Wildman–Crippen MR) is 123 cm³/mol. The quantitative estimate of drug-likeness (QED) is 0.573. The smallest absolute Gasteiger partial charge is 0.155 e. The van der Waals surface area contributed by atoms with Crippen molar-refractivity contribution >= 4 is 27.4 Å². The zero-order chi connectivity index (χ0) is 20.4. The fourth-order valence-corrected chi connectivity index (χ4v) is 7.18. The fourth-order valence-electron chi connectivity index (χ4n) is 5.92. The van der Waals surface area contributed by atoms with Gasteiger partial charge in [0.15, 0.2) is 5.82 Å². The Balaban J connectivity index is 1.39. The third kappa shape index (κ3) is 3.03. The maximum atomic E-state index is 5.30. The number of nitrogens with zero attached hydrogens (tertiary/aromatic N) is 6. The van der Waals surface area contributed by atoms with Gasteiger partial charge in [-0.3, -0.25) is 0 Å². The molecule has 1 saturated carbocycles. The molecule has 7 rings (SSSR count). The molecule has 1 atom stereocenters. The summed E-state index contributed by atoms with van der Waals surface area (Å²) in [7, 11) is 0. The van der Waals surface area contributed by atoms with Crippen molar-refractivity contribution in [2.24, 2.45) is 0 Å². The summed E-state index contributed by atoms with van der Waals surface area (Å²) in [6, 6.07) is 0.289. The first-order valence-electron chi connectivity index (χ1n) is 12.4. The SMILES string of the molecule is C1CCc2c(sc3nc(C4CC4)nc(N4CCCC[C@@H]4c4nnc5n4CCCC5)c23)C1. The van der Waals surface area contributed by atoms with Gasteiger partial charge in [0.25, 0.3) is 0 Å². The Kier molecular flexibility index (Phi) is 4.34. The highest BCUT2D eigenvalue weighted by molar-refractivity contribution is 7.19. The summed E-state index contributed by atoms with van der Waals surface area (Å²) in [4.78, 5) is 15.8. The average Bonchev–Trinajstić information content (AvgIpc) is 3.47. The van der Waals surface area contributed by atoms with Gasteiger partial charge in [-0.05, 0) is 76.2 Å². The number of piperidine rings is 1. The Morgan fingerprint density at radius 1 is 0.806 bits per heavy atom. The molecular formula is C24H30N6S. The lowest BCUT2D eigenvalue weighted by Gasteiger charge is -2.37. The van der Waals surface area contributed by atoms with Gasteiger partial charge in [0.1, 0.15) is 22.3 Å². The molecule has 2 aliphatic heterocycles. The molecule has 4 aliphatic rings. The predicted octanol–water partition coefficient (Wildman–Crippen LogP) is 5.11. The Hall–Kier alpha value is -2.02. The Morgan fingerprint density at radius 2 is 1.68 bits per heavy atom. The van der Waals surface area contributed by atoms with Crippen LogP contribution in [0.5, 0.6) is 0 Å². The number of anilines is 1. The lowest BCUT2D eigenvalue weighted by Crippen LogP contribution is -2.36. The Morgan fingerprint density at radius 3 is 2.61 bits per heavy atom. The average molecular weight is 435 g/mol. The van der Waals surface area contributed by atoms with Crippen molar-refractivity contribution in [3.8, 4) is 0 Å². The molecule has 0 amide bonds. The van der Waals surface area contributed by atoms with E-state index in [-0.39, 0.29) is 6.04 Å². The molecule has 0 spiro atoms. The summed E-state index contributed by atoms with van der Waals surface area (Å²) in [5, 5.41) is 10.7. The molecule has 0 bridgehead atoms. The van der Waals surface area contributed by atoms with Crippen LogP contribution < -0.4 is 4.90 Å². The second-order valence-corrected chi connectivity index (χ2v) is 10.9. The van der Waals surface area contributed by atoms with Crippen LogP contribution in [-0.2, 0) is 25.8 Å². The molecule has 0 aromatic carbocycles. The molecule has 1 saturated heterocycles. The van der Waals surface area contributed by atoms with Crippen LogP contribution in [-0.4, -0.2) is 31.3 Å². The zero-order valence-corrected chi connectivity index (χ0v) is 19.0. The highest BCUT2D eigenvalue weighted by Gasteiger charge is 2.35. The van der Waals surface area contributed by atoms with Crippen molar-refractivity contribution in [2.45, 2.75) is 95.6 Å². The van der Waals surface area contributed by atoms with Crippen LogP contribution in [0, 0.1) is 0 Å². The third-order valence-electron chi connectivity index (χ3n) is 7.72. The topological polar surface area (TPSA) is 59.7 Å². The minimum atomic E-state index is 0.289. The van der Waals surface area contributed by atoms with E-state index in [1.807, 2.05) is 11.3 Å². The molecule has 2 aliphatic carbocycles. The first-order valence-corrected chi connectivity index (χ1v) is 13.2. The van der Waals surface area contributed by atoms with Crippen LogP contribution in [0.3, 0.4) is 0 Å². The second kappa shape index (κ2) is 7.26. The van der Waals surface area contributed by atoms with E-state index in [0.29, 0.717) is 5.92 Å². The number of aryl methyl sites for hydroxylation is 3. The van der Waals surface area contributed by atoms with Gasteiger partial charge >= 0.3 is 0 Å². The minimum absolute atomic E-state index is 0.289. The minimum Gasteiger partial charge on any atom is -0.346 e. The Bertz CT molecular complexity index is 1140. The van der Waals surface area contributed by atoms with E-state index in [4.69, 9.17) is 15.1 Å². The molecule has 162 valence electrons. The normalized spacial score (nSPS) is 23.7. The maximum absolute atomic E-state index is 5.30. The standard InChI is InChI=1S/C24H30N6S/c1-2-9-18-16(7-1)20-23(25-21(15-11-12-15)26-24(20)31-18)29-13-5-3-8-17(29)22-28-27-19-10-4-6-14-30(19)22/h15,17H,1-14H2/t17-/m1/s1. The largest absolute Gasteiger partial charge is 0.346 e. The number of fused-ring (bicyclic) bond motifs is 4. The van der Waals surface area contributed by atoms with E-state index in [2.05, 4.69) is 14.6 Å². The van der Waals surface area contributed by atoms with E-state index in [1.54, 1.807) is 10.4 Å². The third-order valence-corrected chi connectivity index (χ3v) is 8.90. The highest BCUT2D eigenvalue weighted by Crippen LogP contribution is 2.46. The van der Waals surface area contributed by atoms with Gasteiger partial charge in [0.05, 0.1) is 11.4 Å². The van der Waals surface area contributed by atoms with Crippen molar-refractivity contribution in [3.05, 3.63) is 27.9 Å². The van der Waals surface area contributed by atoms with Crippen LogP contribution in [0.25, 0.3) is 10.2 Å². The van der Waals surface area contributed by atoms with Crippen molar-refractivity contribution in [3.63, 3.8) is 0 Å². The summed E-state index contributed by atoms with van der Waals surface area (Å²) >= 11 is 1.95. The van der Waals surface area contributed by atoms with E-state index in [0.717, 1.165) is 31.8 Å². The van der Waals surface area contributed by atoms with Crippen LogP contribution in [0.1, 0.15) is 97.7 Å². The van der Waals surface area contributed by atoms with Crippen LogP contribution in [0.15, 0.2) is 0 Å². The van der Waals surface area contributed by atoms with Gasteiger partial charge in [0, 0.05) is 30.3 Å². The Labute approximate surface area is 187 Å². The number of hydrogen-bond donors (Lipinski definition) is 0. The van der Waals surface area contributed by atoms with Crippen LogP contribution >= 0.6 is 11.3 Å². The van der Waals surface area contributed by atoms with Crippen LogP contribution in [0.2, 0.25) is 0 Å². The summed E-state index contributed by atoms with van der Waals surface area (Å²) in [6.07, 6.45) is 14.7. The molecule has 0 N–H and O–H groups in total. The molecule has 7 heteroatoms. The first-order chi connectivity index (χ1) is 15.4. The molecule has 0 radical (unpaired) electrons. The van der Waals surface area contributed by atoms with Crippen molar-refractivity contribution in [1.82, 2.24) is 24.7 Å². The lowest BCUT2D eigenvalue weighted by atomic mass is 9.95. The molecule has 3 aromatic rings. The molecule has 5 heterocycles. The maximum Gasteiger partial charge on any atom is 0.155 e. The second-order valence-electron chi connectivity index (χ2n) is 9.86. The number of hydrogen-bond acceptors (Lipinski definition) is 6. The molecular weight excluding hydrogens is 404 g/mol. The van der Waals surface area contributed by atoms with E-state index < -0.39 is 0 Å². The van der Waals surface area contributed by atoms with E-state index in [1.165, 1.54) is 91.9 Å². The van der Waals surface area contributed by atoms with Gasteiger partial charge in [-0.25, -0.2) is 9.97 Å². The highest BCUT2D eigenvalue weighted by atomic mass is 32.1. The van der Waals surface area contributed by atoms with Crippen molar-refractivity contribution in [2.75, 3.05) is 11.4 Å². The molecule has 6 nitrogen and oxygen atoms in total. The first kappa shape index (κ1) is 18.5.